The molecule has 1 N–H and O–H groups in total. The van der Waals surface area contributed by atoms with Crippen molar-refractivity contribution < 1.29 is 4.79 Å². The van der Waals surface area contributed by atoms with Gasteiger partial charge in [-0.25, -0.2) is 4.98 Å². The highest BCUT2D eigenvalue weighted by atomic mass is 35.5. The number of nitrogens with one attached hydrogen (secondary N) is 1. The normalized spacial score (nSPS) is 10.4. The Labute approximate surface area is 133 Å². The summed E-state index contributed by atoms with van der Waals surface area (Å²) in [6.07, 6.45) is 2.81. The Bertz CT molecular complexity index is 986. The van der Waals surface area contributed by atoms with Crippen LogP contribution in [0.2, 0.25) is 5.02 Å². The largest absolute Gasteiger partial charge is 0.322 e. The van der Waals surface area contributed by atoms with E-state index in [0.29, 0.717) is 16.2 Å². The van der Waals surface area contributed by atoms with Gasteiger partial charge >= 0.3 is 0 Å². The maximum Gasteiger partial charge on any atom is 0.271 e. The van der Waals surface area contributed by atoms with Crippen molar-refractivity contribution in [2.24, 2.45) is 0 Å². The first kappa shape index (κ1) is 14.3. The van der Waals surface area contributed by atoms with Crippen LogP contribution in [-0.4, -0.2) is 15.3 Å². The van der Waals surface area contributed by atoms with Crippen molar-refractivity contribution in [3.05, 3.63) is 62.5 Å². The molecule has 2 heterocycles. The van der Waals surface area contributed by atoms with Crippen LogP contribution < -0.4 is 10.9 Å². The number of rotatable bonds is 2. The summed E-state index contributed by atoms with van der Waals surface area (Å²) in [5.41, 5.74) is 0.185. The van der Waals surface area contributed by atoms with Gasteiger partial charge in [-0.15, -0.1) is 11.3 Å². The molecule has 3 rings (SSSR count). The minimum atomic E-state index is -0.584. The molecule has 0 saturated heterocycles. The van der Waals surface area contributed by atoms with Crippen molar-refractivity contribution in [3.8, 4) is 6.07 Å². The summed E-state index contributed by atoms with van der Waals surface area (Å²) in [7, 11) is 0. The summed E-state index contributed by atoms with van der Waals surface area (Å²) in [5, 5.41) is 13.3. The number of carbonyl (C=O) groups is 1. The van der Waals surface area contributed by atoms with E-state index in [1.807, 2.05) is 6.07 Å². The van der Waals surface area contributed by atoms with E-state index in [4.69, 9.17) is 16.9 Å². The molecule has 0 aliphatic carbocycles. The zero-order valence-electron chi connectivity index (χ0n) is 10.9. The Balaban J connectivity index is 1.93. The summed E-state index contributed by atoms with van der Waals surface area (Å²) in [6, 6.07) is 6.41. The maximum absolute atomic E-state index is 12.2. The summed E-state index contributed by atoms with van der Waals surface area (Å²) in [6.45, 7) is 0. The quantitative estimate of drug-likeness (QED) is 0.782. The molecular weight excluding hydrogens is 324 g/mol. The van der Waals surface area contributed by atoms with Gasteiger partial charge in [0.25, 0.3) is 11.5 Å². The van der Waals surface area contributed by atoms with E-state index < -0.39 is 11.5 Å². The number of nitrogens with zero attached hydrogens (tertiary/aromatic N) is 3. The molecule has 22 heavy (non-hydrogen) atoms. The van der Waals surface area contributed by atoms with Gasteiger partial charge in [-0.1, -0.05) is 11.6 Å². The number of amides is 1. The van der Waals surface area contributed by atoms with Crippen LogP contribution in [0.5, 0.6) is 0 Å². The second kappa shape index (κ2) is 5.60. The molecule has 8 heteroatoms. The molecule has 0 atom stereocenters. The van der Waals surface area contributed by atoms with Gasteiger partial charge in [0.2, 0.25) is 0 Å². The Morgan fingerprint density at radius 2 is 2.27 bits per heavy atom. The molecule has 108 valence electrons. The first-order valence-corrected chi connectivity index (χ1v) is 7.32. The van der Waals surface area contributed by atoms with Crippen molar-refractivity contribution in [2.75, 3.05) is 5.32 Å². The minimum Gasteiger partial charge on any atom is -0.322 e. The van der Waals surface area contributed by atoms with Gasteiger partial charge in [0.15, 0.2) is 4.96 Å². The minimum absolute atomic E-state index is 0.0728. The SMILES string of the molecule is N#Cc1ccc(NC(=O)c2cnc3sccn3c2=O)cc1Cl. The smallest absolute Gasteiger partial charge is 0.271 e. The van der Waals surface area contributed by atoms with Gasteiger partial charge in [0.05, 0.1) is 10.6 Å². The Morgan fingerprint density at radius 3 is 3.00 bits per heavy atom. The summed E-state index contributed by atoms with van der Waals surface area (Å²) >= 11 is 7.21. The maximum atomic E-state index is 12.2. The topological polar surface area (TPSA) is 87.3 Å². The van der Waals surface area contributed by atoms with Gasteiger partial charge in [0.1, 0.15) is 11.6 Å². The van der Waals surface area contributed by atoms with Gasteiger partial charge in [-0.3, -0.25) is 14.0 Å². The zero-order chi connectivity index (χ0) is 15.7. The highest BCUT2D eigenvalue weighted by Crippen LogP contribution is 2.20. The molecule has 0 aliphatic heterocycles. The Morgan fingerprint density at radius 1 is 1.45 bits per heavy atom. The van der Waals surface area contributed by atoms with Crippen molar-refractivity contribution in [2.45, 2.75) is 0 Å². The molecule has 3 aromatic rings. The lowest BCUT2D eigenvalue weighted by molar-refractivity contribution is 0.102. The monoisotopic (exact) mass is 330 g/mol. The number of hydrogen-bond acceptors (Lipinski definition) is 5. The molecule has 1 amide bonds. The number of carbonyl (C=O) groups excluding carboxylic acids is 1. The summed E-state index contributed by atoms with van der Waals surface area (Å²) in [4.78, 5) is 29.0. The summed E-state index contributed by atoms with van der Waals surface area (Å²) < 4.78 is 1.31. The first-order valence-electron chi connectivity index (χ1n) is 6.06. The van der Waals surface area contributed by atoms with Crippen molar-refractivity contribution >= 4 is 39.5 Å². The molecule has 0 saturated carbocycles. The Hall–Kier alpha value is -2.69. The van der Waals surface area contributed by atoms with Gasteiger partial charge < -0.3 is 5.32 Å². The highest BCUT2D eigenvalue weighted by Gasteiger charge is 2.14. The van der Waals surface area contributed by atoms with E-state index >= 15 is 0 Å². The third-order valence-electron chi connectivity index (χ3n) is 2.93. The van der Waals surface area contributed by atoms with Gasteiger partial charge in [-0.2, -0.15) is 5.26 Å². The molecule has 0 bridgehead atoms. The third kappa shape index (κ3) is 2.45. The van der Waals surface area contributed by atoms with E-state index in [1.165, 1.54) is 40.1 Å². The summed E-state index contributed by atoms with van der Waals surface area (Å²) in [5.74, 6) is -0.584. The molecule has 1 aromatic carbocycles. The fourth-order valence-electron chi connectivity index (χ4n) is 1.86. The number of halogens is 1. The predicted molar refractivity (Wildman–Crippen MR) is 83.5 cm³/mol. The average Bonchev–Trinajstić information content (AvgIpc) is 2.97. The van der Waals surface area contributed by atoms with Crippen LogP contribution in [0.15, 0.2) is 40.8 Å². The van der Waals surface area contributed by atoms with E-state index in [2.05, 4.69) is 10.3 Å². The van der Waals surface area contributed by atoms with Crippen LogP contribution in [0.1, 0.15) is 15.9 Å². The Kier molecular flexibility index (Phi) is 3.63. The second-order valence-electron chi connectivity index (χ2n) is 4.29. The van der Waals surface area contributed by atoms with E-state index in [-0.39, 0.29) is 10.6 Å². The number of thiazole rings is 1. The predicted octanol–water partition coefficient (Wildman–Crippen LogP) is 2.53. The van der Waals surface area contributed by atoms with E-state index in [0.717, 1.165) is 0 Å². The van der Waals surface area contributed by atoms with Crippen LogP contribution >= 0.6 is 22.9 Å². The number of anilines is 1. The molecule has 6 nitrogen and oxygen atoms in total. The average molecular weight is 331 g/mol. The van der Waals surface area contributed by atoms with Crippen LogP contribution in [0, 0.1) is 11.3 Å². The standard InChI is InChI=1S/C14H7ClN4O2S/c15-11-5-9(2-1-8(11)6-16)18-12(20)10-7-17-14-19(13(10)21)3-4-22-14/h1-5,7H,(H,18,20). The lowest BCUT2D eigenvalue weighted by Gasteiger charge is -2.06. The molecule has 0 spiro atoms. The van der Waals surface area contributed by atoms with Gasteiger partial charge in [-0.05, 0) is 18.2 Å². The molecule has 0 radical (unpaired) electrons. The fraction of sp³-hybridized carbons (Fsp3) is 0. The molecule has 2 aromatic heterocycles. The van der Waals surface area contributed by atoms with Crippen LogP contribution in [0.3, 0.4) is 0 Å². The van der Waals surface area contributed by atoms with Crippen LogP contribution in [0.25, 0.3) is 4.96 Å². The molecular formula is C14H7ClN4O2S. The number of nitriles is 1. The molecule has 0 unspecified atom stereocenters. The van der Waals surface area contributed by atoms with Crippen molar-refractivity contribution in [3.63, 3.8) is 0 Å². The fourth-order valence-corrected chi connectivity index (χ4v) is 2.76. The first-order chi connectivity index (χ1) is 10.6. The number of fused-ring (bicyclic) bond motifs is 1. The number of aromatic nitrogens is 2. The van der Waals surface area contributed by atoms with Crippen molar-refractivity contribution in [1.29, 1.82) is 5.26 Å². The van der Waals surface area contributed by atoms with Crippen LogP contribution in [0.4, 0.5) is 5.69 Å². The zero-order valence-corrected chi connectivity index (χ0v) is 12.5. The molecule has 0 aliphatic rings. The number of hydrogen-bond donors (Lipinski definition) is 1. The van der Waals surface area contributed by atoms with Crippen molar-refractivity contribution in [1.82, 2.24) is 9.38 Å². The van der Waals surface area contributed by atoms with Crippen LogP contribution in [-0.2, 0) is 0 Å². The lowest BCUT2D eigenvalue weighted by Crippen LogP contribution is -2.25. The number of benzene rings is 1. The van der Waals surface area contributed by atoms with E-state index in [9.17, 15) is 9.59 Å². The third-order valence-corrected chi connectivity index (χ3v) is 4.02. The molecule has 0 fully saturated rings. The second-order valence-corrected chi connectivity index (χ2v) is 5.57. The van der Waals surface area contributed by atoms with Gasteiger partial charge in [0, 0.05) is 23.5 Å². The lowest BCUT2D eigenvalue weighted by atomic mass is 10.2. The van der Waals surface area contributed by atoms with E-state index in [1.54, 1.807) is 11.6 Å². The highest BCUT2D eigenvalue weighted by molar-refractivity contribution is 7.15.